The first-order valence-corrected chi connectivity index (χ1v) is 24.4. The molecule has 15 nitrogen and oxygen atoms in total. The molecule has 2 heterocycles. The van der Waals surface area contributed by atoms with Crippen LogP contribution in [0.2, 0.25) is 0 Å². The number of hydrogen-bond acceptors (Lipinski definition) is 15. The Hall–Kier alpha value is -2.02. The molecule has 2 fully saturated rings. The summed E-state index contributed by atoms with van der Waals surface area (Å²) in [5.41, 5.74) is 0. The Labute approximate surface area is 377 Å². The minimum atomic E-state index is -1.76. The van der Waals surface area contributed by atoms with Crippen molar-refractivity contribution < 1.29 is 73.8 Å². The Bertz CT molecular complexity index is 1200. The summed E-state index contributed by atoms with van der Waals surface area (Å²) >= 11 is 0. The fourth-order valence-corrected chi connectivity index (χ4v) is 7.56. The van der Waals surface area contributed by atoms with Crippen LogP contribution in [0.4, 0.5) is 0 Å². The van der Waals surface area contributed by atoms with Crippen molar-refractivity contribution in [3.63, 3.8) is 0 Å². The minimum absolute atomic E-state index is 0.155. The van der Waals surface area contributed by atoms with E-state index in [1.165, 1.54) is 57.8 Å². The molecule has 0 aromatic heterocycles. The number of esters is 2. The molecule has 0 amide bonds. The summed E-state index contributed by atoms with van der Waals surface area (Å²) in [5.74, 6) is -0.944. The first-order valence-electron chi connectivity index (χ1n) is 24.4. The Morgan fingerprint density at radius 2 is 0.905 bits per heavy atom. The van der Waals surface area contributed by atoms with Crippen molar-refractivity contribution in [2.75, 3.05) is 26.4 Å². The quantitative estimate of drug-likeness (QED) is 0.0216. The molecule has 0 aliphatic carbocycles. The van der Waals surface area contributed by atoms with Crippen LogP contribution in [-0.4, -0.2) is 142 Å². The number of rotatable bonds is 37. The molecule has 7 N–H and O–H groups in total. The fraction of sp³-hybridized carbons (Fsp3) is 0.875. The van der Waals surface area contributed by atoms with Crippen LogP contribution in [0.25, 0.3) is 0 Å². The third kappa shape index (κ3) is 24.9. The normalized spacial score (nSPS) is 27.0. The molecule has 0 bridgehead atoms. The Balaban J connectivity index is 1.84. The lowest BCUT2D eigenvalue weighted by Gasteiger charge is -2.42. The van der Waals surface area contributed by atoms with Gasteiger partial charge in [0.1, 0.15) is 55.4 Å². The molecule has 0 radical (unpaired) electrons. The van der Waals surface area contributed by atoms with Crippen LogP contribution in [0.3, 0.4) is 0 Å². The van der Waals surface area contributed by atoms with Crippen LogP contribution in [0.15, 0.2) is 24.3 Å². The van der Waals surface area contributed by atoms with Gasteiger partial charge in [-0.3, -0.25) is 9.59 Å². The van der Waals surface area contributed by atoms with Gasteiger partial charge in [0.05, 0.1) is 19.8 Å². The first-order chi connectivity index (χ1) is 30.5. The van der Waals surface area contributed by atoms with E-state index in [0.717, 1.165) is 77.0 Å². The SMILES string of the molecule is CCCCC/C=C/CCCCCCCC(=O)OC[C@H](CO[C@@H]1O[C@H](CO[C@@H]2O[C@H](CO)[C@H](O)C(O)C2O)[C@H](O)C(O)C1O)OC(=O)CCCCCCC/C=C/CCCCCCCC. The van der Waals surface area contributed by atoms with Crippen LogP contribution in [0.5, 0.6) is 0 Å². The van der Waals surface area contributed by atoms with Crippen LogP contribution in [0.1, 0.15) is 174 Å². The Morgan fingerprint density at radius 3 is 1.43 bits per heavy atom. The summed E-state index contributed by atoms with van der Waals surface area (Å²) in [6.07, 6.45) is 17.8. The highest BCUT2D eigenvalue weighted by Gasteiger charge is 2.47. The minimum Gasteiger partial charge on any atom is -0.462 e. The molecular formula is C48H86O15. The second kappa shape index (κ2) is 36.1. The molecular weight excluding hydrogens is 817 g/mol. The molecule has 11 atom stereocenters. The number of allylic oxidation sites excluding steroid dienone is 4. The van der Waals surface area contributed by atoms with E-state index in [1.807, 2.05) is 0 Å². The van der Waals surface area contributed by atoms with Crippen molar-refractivity contribution in [3.8, 4) is 0 Å². The number of carbonyl (C=O) groups is 2. The fourth-order valence-electron chi connectivity index (χ4n) is 7.56. The van der Waals surface area contributed by atoms with Crippen LogP contribution in [-0.2, 0) is 38.0 Å². The maximum Gasteiger partial charge on any atom is 0.306 e. The van der Waals surface area contributed by atoms with Gasteiger partial charge in [-0.05, 0) is 64.2 Å². The van der Waals surface area contributed by atoms with Gasteiger partial charge in [0.15, 0.2) is 18.7 Å². The third-order valence-electron chi connectivity index (χ3n) is 11.7. The molecule has 368 valence electrons. The lowest BCUT2D eigenvalue weighted by molar-refractivity contribution is -0.332. The standard InChI is InChI=1S/C48H86O15/c1-3-5-7-9-11-13-15-17-18-19-21-23-25-27-29-31-40(51)61-36(33-58-39(50)30-28-26-24-22-20-16-14-12-10-8-6-4-2)34-59-47-46(57)44(55)42(53)38(63-47)35-60-48-45(56)43(54)41(52)37(32-49)62-48/h12,14,17-18,36-38,41-49,52-57H,3-11,13,15-16,19-35H2,1-2H3/b14-12+,18-17+/t36-,37-,38-,41+,42+,43?,44?,45?,46?,47-,48-/m1/s1. The van der Waals surface area contributed by atoms with E-state index >= 15 is 0 Å². The summed E-state index contributed by atoms with van der Waals surface area (Å²) < 4.78 is 33.5. The zero-order valence-corrected chi connectivity index (χ0v) is 38.6. The van der Waals surface area contributed by atoms with E-state index in [9.17, 15) is 45.3 Å². The van der Waals surface area contributed by atoms with E-state index in [4.69, 9.17) is 28.4 Å². The summed E-state index contributed by atoms with van der Waals surface area (Å²) in [7, 11) is 0. The van der Waals surface area contributed by atoms with Gasteiger partial charge >= 0.3 is 11.9 Å². The zero-order valence-electron chi connectivity index (χ0n) is 38.6. The number of aliphatic hydroxyl groups is 7. The third-order valence-corrected chi connectivity index (χ3v) is 11.7. The molecule has 2 aliphatic heterocycles. The first kappa shape index (κ1) is 57.1. The van der Waals surface area contributed by atoms with Crippen molar-refractivity contribution in [2.45, 2.75) is 242 Å². The van der Waals surface area contributed by atoms with Gasteiger partial charge in [0.2, 0.25) is 0 Å². The van der Waals surface area contributed by atoms with Crippen molar-refractivity contribution in [1.29, 1.82) is 0 Å². The van der Waals surface area contributed by atoms with Gasteiger partial charge in [-0.15, -0.1) is 0 Å². The molecule has 0 spiro atoms. The van der Waals surface area contributed by atoms with Crippen molar-refractivity contribution in [2.24, 2.45) is 0 Å². The average Bonchev–Trinajstić information content (AvgIpc) is 3.28. The highest BCUT2D eigenvalue weighted by Crippen LogP contribution is 2.26. The van der Waals surface area contributed by atoms with E-state index in [-0.39, 0.29) is 26.1 Å². The van der Waals surface area contributed by atoms with Gasteiger partial charge in [0.25, 0.3) is 0 Å². The predicted molar refractivity (Wildman–Crippen MR) is 238 cm³/mol. The molecule has 0 saturated carbocycles. The number of ether oxygens (including phenoxy) is 6. The van der Waals surface area contributed by atoms with Crippen LogP contribution >= 0.6 is 0 Å². The van der Waals surface area contributed by atoms with E-state index < -0.39 is 92.7 Å². The van der Waals surface area contributed by atoms with Gasteiger partial charge in [-0.1, -0.05) is 122 Å². The highest BCUT2D eigenvalue weighted by atomic mass is 16.7. The molecule has 15 heteroatoms. The molecule has 0 aromatic rings. The van der Waals surface area contributed by atoms with Crippen LogP contribution < -0.4 is 0 Å². The summed E-state index contributed by atoms with van der Waals surface area (Å²) in [4.78, 5) is 25.7. The van der Waals surface area contributed by atoms with E-state index in [2.05, 4.69) is 38.2 Å². The maximum absolute atomic E-state index is 13.0. The number of unbranched alkanes of at least 4 members (excludes halogenated alkanes) is 19. The summed E-state index contributed by atoms with van der Waals surface area (Å²) in [5, 5.41) is 71.9. The molecule has 4 unspecified atom stereocenters. The zero-order chi connectivity index (χ0) is 46.1. The second-order valence-corrected chi connectivity index (χ2v) is 17.3. The number of aliphatic hydroxyl groups excluding tert-OH is 7. The second-order valence-electron chi connectivity index (χ2n) is 17.3. The largest absolute Gasteiger partial charge is 0.462 e. The number of hydrogen-bond donors (Lipinski definition) is 7. The van der Waals surface area contributed by atoms with Crippen molar-refractivity contribution in [3.05, 3.63) is 24.3 Å². The lowest BCUT2D eigenvalue weighted by atomic mass is 9.98. The smallest absolute Gasteiger partial charge is 0.306 e. The molecule has 63 heavy (non-hydrogen) atoms. The molecule has 2 rings (SSSR count). The molecule has 0 aromatic carbocycles. The topological polar surface area (TPSA) is 231 Å². The monoisotopic (exact) mass is 903 g/mol. The van der Waals surface area contributed by atoms with E-state index in [0.29, 0.717) is 12.8 Å². The average molecular weight is 903 g/mol. The van der Waals surface area contributed by atoms with Crippen molar-refractivity contribution >= 4 is 11.9 Å². The van der Waals surface area contributed by atoms with Gasteiger partial charge in [-0.2, -0.15) is 0 Å². The summed E-state index contributed by atoms with van der Waals surface area (Å²) in [6, 6.07) is 0. The Kier molecular flexibility index (Phi) is 32.8. The molecule has 2 aliphatic rings. The van der Waals surface area contributed by atoms with Crippen molar-refractivity contribution in [1.82, 2.24) is 0 Å². The Morgan fingerprint density at radius 1 is 0.492 bits per heavy atom. The predicted octanol–water partition coefficient (Wildman–Crippen LogP) is 5.99. The highest BCUT2D eigenvalue weighted by molar-refractivity contribution is 5.70. The molecule has 2 saturated heterocycles. The van der Waals surface area contributed by atoms with Gasteiger partial charge < -0.3 is 64.2 Å². The maximum atomic E-state index is 13.0. The van der Waals surface area contributed by atoms with Gasteiger partial charge in [0, 0.05) is 12.8 Å². The lowest BCUT2D eigenvalue weighted by Crippen LogP contribution is -2.61. The van der Waals surface area contributed by atoms with Gasteiger partial charge in [-0.25, -0.2) is 0 Å². The van der Waals surface area contributed by atoms with Crippen LogP contribution in [0, 0.1) is 0 Å². The number of carbonyl (C=O) groups excluding carboxylic acids is 2. The summed E-state index contributed by atoms with van der Waals surface area (Å²) in [6.45, 7) is 2.53. The van der Waals surface area contributed by atoms with E-state index in [1.54, 1.807) is 0 Å².